The molecule has 3 heterocycles. The van der Waals surface area contributed by atoms with Gasteiger partial charge in [0.2, 0.25) is 0 Å². The molecule has 0 saturated heterocycles. The number of rotatable bonds is 4. The molecule has 1 unspecified atom stereocenters. The van der Waals surface area contributed by atoms with Crippen molar-refractivity contribution in [3.63, 3.8) is 0 Å². The van der Waals surface area contributed by atoms with Crippen molar-refractivity contribution in [2.24, 2.45) is 0 Å². The first-order chi connectivity index (χ1) is 26.3. The van der Waals surface area contributed by atoms with E-state index in [2.05, 4.69) is 173 Å². The van der Waals surface area contributed by atoms with E-state index in [1.54, 1.807) is 0 Å². The first-order valence-corrected chi connectivity index (χ1v) is 19.3. The summed E-state index contributed by atoms with van der Waals surface area (Å²) in [5.74, 6) is 0. The highest BCUT2D eigenvalue weighted by atomic mass is 32.1. The Morgan fingerprint density at radius 2 is 1.26 bits per heavy atom. The lowest BCUT2D eigenvalue weighted by Crippen LogP contribution is -2.18. The number of hydrogen-bond acceptors (Lipinski definition) is 2. The van der Waals surface area contributed by atoms with Gasteiger partial charge in [-0.2, -0.15) is 0 Å². The van der Waals surface area contributed by atoms with Gasteiger partial charge in [0.1, 0.15) is 0 Å². The Kier molecular flexibility index (Phi) is 5.39. The predicted octanol–water partition coefficient (Wildman–Crippen LogP) is 12.9. The SMILES string of the molecule is C1=CC2c3c4c(ccc5c4c4c(n(-c6cccc(-c7cccc8c7sc7c(-c9ccccc9)cccc78)c6)c6ccc1c3c46)=CC5)N2c1ccccc1. The second-order valence-corrected chi connectivity index (χ2v) is 15.7. The third-order valence-electron chi connectivity index (χ3n) is 12.1. The topological polar surface area (TPSA) is 8.17 Å². The summed E-state index contributed by atoms with van der Waals surface area (Å²) in [6, 6.07) is 54.3. The fourth-order valence-corrected chi connectivity index (χ4v) is 11.4. The van der Waals surface area contributed by atoms with Crippen LogP contribution in [0.4, 0.5) is 11.4 Å². The minimum Gasteiger partial charge on any atom is -0.330 e. The van der Waals surface area contributed by atoms with E-state index in [1.165, 1.54) is 114 Å². The van der Waals surface area contributed by atoms with Gasteiger partial charge in [-0.25, -0.2) is 0 Å². The number of benzene rings is 8. The molecule has 0 bridgehead atoms. The molecule has 0 saturated carbocycles. The number of thiophene rings is 1. The zero-order chi connectivity index (χ0) is 34.4. The minimum atomic E-state index is 0.176. The van der Waals surface area contributed by atoms with Crippen molar-refractivity contribution in [2.75, 3.05) is 4.90 Å². The van der Waals surface area contributed by atoms with E-state index in [0.717, 1.165) is 6.42 Å². The van der Waals surface area contributed by atoms with E-state index in [1.807, 2.05) is 11.3 Å². The molecule has 3 aliphatic rings. The fraction of sp³-hybridized carbons (Fsp3) is 0.0400. The van der Waals surface area contributed by atoms with E-state index in [0.29, 0.717) is 0 Å². The van der Waals surface area contributed by atoms with Crippen molar-refractivity contribution in [3.05, 3.63) is 174 Å². The maximum atomic E-state index is 2.56. The summed E-state index contributed by atoms with van der Waals surface area (Å²) >= 11 is 1.92. The van der Waals surface area contributed by atoms with Gasteiger partial charge in [0, 0.05) is 47.7 Å². The average molecular weight is 691 g/mol. The Balaban J connectivity index is 1.06. The molecule has 13 rings (SSSR count). The van der Waals surface area contributed by atoms with Crippen molar-refractivity contribution < 1.29 is 0 Å². The van der Waals surface area contributed by atoms with Crippen molar-refractivity contribution in [1.29, 1.82) is 0 Å². The molecule has 2 aromatic heterocycles. The molecule has 0 amide bonds. The molecule has 3 heteroatoms. The molecule has 0 N–H and O–H groups in total. The number of anilines is 2. The lowest BCUT2D eigenvalue weighted by molar-refractivity contribution is 0.896. The van der Waals surface area contributed by atoms with Crippen LogP contribution in [0.1, 0.15) is 22.7 Å². The highest BCUT2D eigenvalue weighted by Crippen LogP contribution is 2.57. The van der Waals surface area contributed by atoms with Crippen molar-refractivity contribution in [1.82, 2.24) is 4.57 Å². The van der Waals surface area contributed by atoms with Gasteiger partial charge in [0.15, 0.2) is 0 Å². The van der Waals surface area contributed by atoms with Crippen LogP contribution in [0.25, 0.3) is 92.7 Å². The quantitative estimate of drug-likeness (QED) is 0.167. The van der Waals surface area contributed by atoms with Gasteiger partial charge >= 0.3 is 0 Å². The van der Waals surface area contributed by atoms with Crippen molar-refractivity contribution in [3.8, 4) is 27.9 Å². The summed E-state index contributed by atoms with van der Waals surface area (Å²) in [4.78, 5) is 2.56. The molecular weight excluding hydrogens is 661 g/mol. The Bertz CT molecular complexity index is 3310. The predicted molar refractivity (Wildman–Crippen MR) is 226 cm³/mol. The zero-order valence-corrected chi connectivity index (χ0v) is 29.5. The lowest BCUT2D eigenvalue weighted by atomic mass is 9.83. The van der Waals surface area contributed by atoms with E-state index in [-0.39, 0.29) is 6.04 Å². The number of nitrogens with zero attached hydrogens (tertiary/aromatic N) is 2. The van der Waals surface area contributed by atoms with Crippen LogP contribution in [-0.2, 0) is 6.42 Å². The molecule has 53 heavy (non-hydrogen) atoms. The number of fused-ring (bicyclic) bond motifs is 3. The molecule has 2 nitrogen and oxygen atoms in total. The van der Waals surface area contributed by atoms with Gasteiger partial charge in [0.05, 0.1) is 22.6 Å². The standard InChI is InChI=1S/C50H30N2S/c1-3-10-29(11-4-1)35-16-8-18-37-38-19-9-17-36(50(38)53-49(35)37)32-12-7-15-34(28-32)52-41-26-22-30-20-24-39-45-43(30)47(41)48-42(52)27-23-31-21-25-40(46(45)44(31)48)51(39)33-13-5-2-6-14-33/h1-22,24-28,39H,23H2. The van der Waals surface area contributed by atoms with Crippen LogP contribution < -0.4 is 10.2 Å². The van der Waals surface area contributed by atoms with Crippen LogP contribution in [0.5, 0.6) is 0 Å². The van der Waals surface area contributed by atoms with Crippen LogP contribution in [0.15, 0.2) is 152 Å². The van der Waals surface area contributed by atoms with Crippen LogP contribution in [0, 0.1) is 0 Å². The maximum Gasteiger partial charge on any atom is 0.0792 e. The molecule has 8 aromatic carbocycles. The van der Waals surface area contributed by atoms with Gasteiger partial charge in [-0.3, -0.25) is 0 Å². The minimum absolute atomic E-state index is 0.176. The summed E-state index contributed by atoms with van der Waals surface area (Å²) < 4.78 is 5.24. The smallest absolute Gasteiger partial charge is 0.0792 e. The molecule has 10 aromatic rings. The first kappa shape index (κ1) is 28.2. The maximum absolute atomic E-state index is 2.56. The van der Waals surface area contributed by atoms with Crippen LogP contribution in [-0.4, -0.2) is 4.57 Å². The molecule has 1 aliphatic heterocycles. The van der Waals surface area contributed by atoms with E-state index < -0.39 is 0 Å². The Morgan fingerprint density at radius 1 is 0.547 bits per heavy atom. The van der Waals surface area contributed by atoms with Crippen molar-refractivity contribution in [2.45, 2.75) is 12.5 Å². The molecular formula is C50H30N2S. The molecule has 0 fully saturated rings. The summed E-state index contributed by atoms with van der Waals surface area (Å²) in [5.41, 5.74) is 14.4. The third kappa shape index (κ3) is 3.58. The number of hydrogen-bond donors (Lipinski definition) is 0. The number of para-hydroxylation sites is 1. The Hall–Kier alpha value is -6.42. The van der Waals surface area contributed by atoms with Gasteiger partial charge in [-0.15, -0.1) is 11.3 Å². The average Bonchev–Trinajstić information content (AvgIpc) is 3.90. The monoisotopic (exact) mass is 690 g/mol. The number of aromatic nitrogens is 1. The van der Waals surface area contributed by atoms with Crippen LogP contribution >= 0.6 is 11.3 Å². The molecule has 0 radical (unpaired) electrons. The fourth-order valence-electron chi connectivity index (χ4n) is 10.0. The lowest BCUT2D eigenvalue weighted by Gasteiger charge is -2.28. The van der Waals surface area contributed by atoms with Crippen LogP contribution in [0.2, 0.25) is 0 Å². The summed E-state index contributed by atoms with van der Waals surface area (Å²) in [6.45, 7) is 0. The molecule has 1 atom stereocenters. The second kappa shape index (κ2) is 10.1. The molecule has 0 spiro atoms. The van der Waals surface area contributed by atoms with E-state index >= 15 is 0 Å². The Morgan fingerprint density at radius 3 is 2.08 bits per heavy atom. The summed E-state index contributed by atoms with van der Waals surface area (Å²) in [7, 11) is 0. The van der Waals surface area contributed by atoms with E-state index in [4.69, 9.17) is 0 Å². The zero-order valence-electron chi connectivity index (χ0n) is 28.7. The normalized spacial score (nSPS) is 15.3. The van der Waals surface area contributed by atoms with Gasteiger partial charge < -0.3 is 9.47 Å². The summed E-state index contributed by atoms with van der Waals surface area (Å²) in [5, 5.41) is 11.1. The third-order valence-corrected chi connectivity index (χ3v) is 13.4. The first-order valence-electron chi connectivity index (χ1n) is 18.5. The van der Waals surface area contributed by atoms with E-state index in [9.17, 15) is 0 Å². The van der Waals surface area contributed by atoms with Crippen molar-refractivity contribution >= 4 is 87.5 Å². The largest absolute Gasteiger partial charge is 0.330 e. The van der Waals surface area contributed by atoms with Gasteiger partial charge in [0.25, 0.3) is 0 Å². The van der Waals surface area contributed by atoms with Gasteiger partial charge in [-0.1, -0.05) is 127 Å². The van der Waals surface area contributed by atoms with Crippen LogP contribution in [0.3, 0.4) is 0 Å². The molecule has 2 aliphatic carbocycles. The highest BCUT2D eigenvalue weighted by molar-refractivity contribution is 7.26. The summed E-state index contributed by atoms with van der Waals surface area (Å²) in [6.07, 6.45) is 8.19. The highest BCUT2D eigenvalue weighted by Gasteiger charge is 2.38. The van der Waals surface area contributed by atoms with Gasteiger partial charge in [-0.05, 0) is 92.5 Å². The molecule has 246 valence electrons. The Labute approximate surface area is 309 Å². The second-order valence-electron chi connectivity index (χ2n) is 14.7.